The molecule has 6 rings (SSSR count). The average Bonchev–Trinajstić information content (AvgIpc) is 3.70. The minimum absolute atomic E-state index is 0.0655. The molecule has 21 heteroatoms. The molecule has 0 saturated carbocycles. The Morgan fingerprint density at radius 1 is 0.842 bits per heavy atom. The summed E-state index contributed by atoms with van der Waals surface area (Å²) in [7, 11) is -4.53. The van der Waals surface area contributed by atoms with Crippen molar-refractivity contribution in [3.05, 3.63) is 114 Å². The number of piperazine rings is 1. The molecule has 2 atom stereocenters. The molecule has 2 aromatic carbocycles. The molecule has 57 heavy (non-hydrogen) atoms. The fourth-order valence-electron chi connectivity index (χ4n) is 6.43. The largest absolute Gasteiger partial charge is 0.475 e. The monoisotopic (exact) mass is 824 g/mol. The van der Waals surface area contributed by atoms with E-state index >= 15 is 13.2 Å². The Hall–Kier alpha value is -5.01. The number of aromatic nitrogens is 6. The van der Waals surface area contributed by atoms with E-state index in [1.165, 1.54) is 32.3 Å². The maximum Gasteiger partial charge on any atom is 0.475 e. The lowest BCUT2D eigenvalue weighted by Crippen LogP contribution is -2.47. The van der Waals surface area contributed by atoms with Gasteiger partial charge in [-0.1, -0.05) is 12.1 Å². The standard InChI is InChI=1S/C36H36F7N8O5P/c1-3-54-57(53,55-4-2)56-33(36(41,42)43)32-12-10-27(20-45-32)50-17-15-49(16-18-50)26-8-5-24(6-9-26)28-21-44-14-13-29(28)35(39,40)34(52,22-51-23-46-47-48-51)30-11-7-25(37)19-31(30)38/h5-14,19-21,23,33,52H,3-4,15-18,22H2,1-2H3. The van der Waals surface area contributed by atoms with Crippen molar-refractivity contribution in [3.63, 3.8) is 0 Å². The summed E-state index contributed by atoms with van der Waals surface area (Å²) in [6.45, 7) is 3.34. The van der Waals surface area contributed by atoms with Gasteiger partial charge in [-0.25, -0.2) is 18.0 Å². The van der Waals surface area contributed by atoms with Gasteiger partial charge in [0.1, 0.15) is 18.0 Å². The number of tetrazole rings is 1. The maximum absolute atomic E-state index is 16.8. The lowest BCUT2D eigenvalue weighted by Gasteiger charge is -2.37. The van der Waals surface area contributed by atoms with Crippen LogP contribution in [0.1, 0.15) is 36.8 Å². The van der Waals surface area contributed by atoms with Gasteiger partial charge in [-0.15, -0.1) is 5.10 Å². The van der Waals surface area contributed by atoms with E-state index in [1.54, 1.807) is 24.3 Å². The van der Waals surface area contributed by atoms with Crippen LogP contribution in [-0.4, -0.2) is 80.9 Å². The van der Waals surface area contributed by atoms with E-state index in [9.17, 15) is 27.2 Å². The Labute approximate surface area is 321 Å². The van der Waals surface area contributed by atoms with Crippen LogP contribution in [0.5, 0.6) is 0 Å². The van der Waals surface area contributed by atoms with Crippen LogP contribution < -0.4 is 9.80 Å². The lowest BCUT2D eigenvalue weighted by atomic mass is 9.81. The number of rotatable bonds is 15. The Balaban J connectivity index is 1.18. The number of phosphoric acid groups is 1. The first-order valence-electron chi connectivity index (χ1n) is 17.5. The molecular weight excluding hydrogens is 788 g/mol. The summed E-state index contributed by atoms with van der Waals surface area (Å²) in [5.41, 5.74) is -3.87. The summed E-state index contributed by atoms with van der Waals surface area (Å²) in [5.74, 6) is -6.64. The molecule has 0 bridgehead atoms. The van der Waals surface area contributed by atoms with Gasteiger partial charge in [0, 0.05) is 67.0 Å². The maximum atomic E-state index is 16.8. The molecule has 5 aromatic rings. The minimum Gasteiger partial charge on any atom is -0.377 e. The number of alkyl halides is 5. The van der Waals surface area contributed by atoms with Crippen molar-refractivity contribution < 1.29 is 54.0 Å². The van der Waals surface area contributed by atoms with Gasteiger partial charge in [0.15, 0.2) is 5.60 Å². The summed E-state index contributed by atoms with van der Waals surface area (Å²) in [6, 6.07) is 12.1. The third-order valence-electron chi connectivity index (χ3n) is 9.17. The molecule has 1 fully saturated rings. The fourth-order valence-corrected chi connectivity index (χ4v) is 7.74. The second-order valence-electron chi connectivity index (χ2n) is 12.8. The van der Waals surface area contributed by atoms with Crippen LogP contribution in [0.2, 0.25) is 0 Å². The molecule has 0 amide bonds. The van der Waals surface area contributed by atoms with Gasteiger partial charge in [-0.3, -0.25) is 23.5 Å². The summed E-state index contributed by atoms with van der Waals surface area (Å²) < 4.78 is 133. The van der Waals surface area contributed by atoms with Gasteiger partial charge in [-0.2, -0.15) is 22.0 Å². The molecule has 3 aromatic heterocycles. The Morgan fingerprint density at radius 3 is 2.05 bits per heavy atom. The number of anilines is 2. The fraction of sp³-hybridized carbons (Fsp3) is 0.361. The van der Waals surface area contributed by atoms with Crippen molar-refractivity contribution in [1.82, 2.24) is 30.2 Å². The van der Waals surface area contributed by atoms with E-state index in [0.29, 0.717) is 43.5 Å². The number of benzene rings is 2. The highest BCUT2D eigenvalue weighted by Crippen LogP contribution is 2.56. The summed E-state index contributed by atoms with van der Waals surface area (Å²) in [6.07, 6.45) is -3.10. The van der Waals surface area contributed by atoms with Crippen molar-refractivity contribution in [1.29, 1.82) is 0 Å². The topological polar surface area (TPSA) is 141 Å². The van der Waals surface area contributed by atoms with Crippen molar-refractivity contribution in [3.8, 4) is 11.1 Å². The Bertz CT molecular complexity index is 2150. The normalized spacial score (nSPS) is 15.8. The van der Waals surface area contributed by atoms with E-state index in [1.807, 2.05) is 9.80 Å². The van der Waals surface area contributed by atoms with E-state index in [0.717, 1.165) is 47.2 Å². The van der Waals surface area contributed by atoms with Gasteiger partial charge in [0.2, 0.25) is 6.10 Å². The first kappa shape index (κ1) is 41.6. The third-order valence-corrected chi connectivity index (χ3v) is 10.8. The molecular formula is C36H36F7N8O5P. The second-order valence-corrected chi connectivity index (χ2v) is 14.4. The van der Waals surface area contributed by atoms with Crippen LogP contribution in [0.4, 0.5) is 42.1 Å². The van der Waals surface area contributed by atoms with Crippen LogP contribution in [0.3, 0.4) is 0 Å². The molecule has 1 aliphatic rings. The van der Waals surface area contributed by atoms with Crippen molar-refractivity contribution in [2.45, 2.75) is 44.2 Å². The van der Waals surface area contributed by atoms with Crippen LogP contribution in [0, 0.1) is 11.6 Å². The van der Waals surface area contributed by atoms with Crippen LogP contribution in [0.15, 0.2) is 85.6 Å². The highest BCUT2D eigenvalue weighted by molar-refractivity contribution is 7.48. The quantitative estimate of drug-likeness (QED) is 0.0843. The predicted molar refractivity (Wildman–Crippen MR) is 191 cm³/mol. The SMILES string of the molecule is CCOP(=O)(OCC)OC(c1ccc(N2CCN(c3ccc(-c4cnccc4C(F)(F)C(O)(Cn4cnnn4)c4ccc(F)cc4F)cc3)CC2)cn1)C(F)(F)F. The number of aliphatic hydroxyl groups is 1. The van der Waals surface area contributed by atoms with Crippen molar-refractivity contribution in [2.75, 3.05) is 49.2 Å². The average molecular weight is 825 g/mol. The number of halogens is 7. The van der Waals surface area contributed by atoms with E-state index in [4.69, 9.17) is 13.6 Å². The molecule has 304 valence electrons. The highest BCUT2D eigenvalue weighted by atomic mass is 31.2. The first-order valence-corrected chi connectivity index (χ1v) is 19.0. The summed E-state index contributed by atoms with van der Waals surface area (Å²) >= 11 is 0. The van der Waals surface area contributed by atoms with Gasteiger partial charge < -0.3 is 14.9 Å². The molecule has 1 saturated heterocycles. The molecule has 0 spiro atoms. The lowest BCUT2D eigenvalue weighted by molar-refractivity contribution is -0.205. The number of phosphoric ester groups is 1. The first-order chi connectivity index (χ1) is 27.1. The number of nitrogens with zero attached hydrogens (tertiary/aromatic N) is 8. The van der Waals surface area contributed by atoms with E-state index < -0.39 is 66.6 Å². The van der Waals surface area contributed by atoms with E-state index in [-0.39, 0.29) is 18.8 Å². The van der Waals surface area contributed by atoms with Crippen molar-refractivity contribution >= 4 is 19.2 Å². The van der Waals surface area contributed by atoms with E-state index in [2.05, 4.69) is 25.5 Å². The summed E-state index contributed by atoms with van der Waals surface area (Å²) in [5, 5.41) is 22.1. The summed E-state index contributed by atoms with van der Waals surface area (Å²) in [4.78, 5) is 11.9. The smallest absolute Gasteiger partial charge is 0.377 e. The predicted octanol–water partition coefficient (Wildman–Crippen LogP) is 7.22. The zero-order valence-electron chi connectivity index (χ0n) is 30.4. The molecule has 1 N–H and O–H groups in total. The molecule has 4 heterocycles. The molecule has 0 radical (unpaired) electrons. The zero-order chi connectivity index (χ0) is 41.0. The van der Waals surface area contributed by atoms with Gasteiger partial charge in [0.05, 0.1) is 37.3 Å². The van der Waals surface area contributed by atoms with Gasteiger partial charge >= 0.3 is 19.9 Å². The molecule has 2 unspecified atom stereocenters. The molecule has 13 nitrogen and oxygen atoms in total. The number of pyridine rings is 2. The van der Waals surface area contributed by atoms with Crippen LogP contribution in [0.25, 0.3) is 11.1 Å². The zero-order valence-corrected chi connectivity index (χ0v) is 31.3. The van der Waals surface area contributed by atoms with Gasteiger partial charge in [0.25, 0.3) is 0 Å². The number of hydrogen-bond acceptors (Lipinski definition) is 12. The Kier molecular flexibility index (Phi) is 12.3. The second kappa shape index (κ2) is 16.8. The minimum atomic E-state index is -4.97. The molecule has 1 aliphatic heterocycles. The highest BCUT2D eigenvalue weighted by Gasteiger charge is 2.58. The van der Waals surface area contributed by atoms with Crippen molar-refractivity contribution in [2.24, 2.45) is 0 Å². The Morgan fingerprint density at radius 2 is 1.49 bits per heavy atom. The van der Waals surface area contributed by atoms with Gasteiger partial charge in [-0.05, 0) is 72.3 Å². The molecule has 0 aliphatic carbocycles. The third kappa shape index (κ3) is 8.94. The van der Waals surface area contributed by atoms with Crippen LogP contribution in [-0.2, 0) is 36.2 Å². The number of hydrogen-bond donors (Lipinski definition) is 1. The van der Waals surface area contributed by atoms with Crippen LogP contribution >= 0.6 is 7.82 Å².